The molecule has 2 aliphatic rings. The summed E-state index contributed by atoms with van der Waals surface area (Å²) in [5.41, 5.74) is 1.66. The molecule has 0 saturated heterocycles. The van der Waals surface area contributed by atoms with Gasteiger partial charge in [0.05, 0.1) is 5.75 Å². The molecule has 8 nitrogen and oxygen atoms in total. The van der Waals surface area contributed by atoms with E-state index in [9.17, 15) is 14.4 Å². The molecule has 0 atom stereocenters. The van der Waals surface area contributed by atoms with Crippen molar-refractivity contribution in [3.8, 4) is 0 Å². The molecule has 34 heavy (non-hydrogen) atoms. The molecule has 1 saturated carbocycles. The van der Waals surface area contributed by atoms with Crippen molar-refractivity contribution in [1.29, 1.82) is 0 Å². The number of thioether (sulfide) groups is 1. The number of benzene rings is 1. The van der Waals surface area contributed by atoms with E-state index < -0.39 is 11.2 Å². The first-order valence-electron chi connectivity index (χ1n) is 11.9. The van der Waals surface area contributed by atoms with Gasteiger partial charge in [-0.3, -0.25) is 18.7 Å². The van der Waals surface area contributed by atoms with Gasteiger partial charge in [0.15, 0.2) is 5.65 Å². The Morgan fingerprint density at radius 1 is 1.03 bits per heavy atom. The molecule has 0 unspecified atom stereocenters. The number of nitrogens with zero attached hydrogens (tertiary/aromatic N) is 5. The highest BCUT2D eigenvalue weighted by Crippen LogP contribution is 2.34. The fraction of sp³-hybridized carbons (Fsp3) is 0.480. The Morgan fingerprint density at radius 2 is 1.79 bits per heavy atom. The second-order valence-corrected chi connectivity index (χ2v) is 10.2. The minimum absolute atomic E-state index is 0.00947. The van der Waals surface area contributed by atoms with Gasteiger partial charge in [-0.25, -0.2) is 14.8 Å². The number of anilines is 1. The standard InChI is InChI=1S/C25H29N5O3S/c1-28-22-20(24(32)29(2)25(28)33)23(27-21(26-22)17-10-4-3-5-11-17)34-15-19(31)30-14-8-12-16-9-6-7-13-18(16)30/h6-7,9,13,17H,3-5,8,10-12,14-15H2,1-2H3. The predicted octanol–water partition coefficient (Wildman–Crippen LogP) is 3.15. The SMILES string of the molecule is Cn1c(=O)c2c(SCC(=O)N3CCCc4ccccc43)nc(C3CCCCC3)nc2n(C)c1=O. The van der Waals surface area contributed by atoms with Gasteiger partial charge in [-0.2, -0.15) is 0 Å². The molecule has 0 radical (unpaired) electrons. The van der Waals surface area contributed by atoms with Gasteiger partial charge in [-0.05, 0) is 37.3 Å². The number of aryl methyl sites for hydroxylation is 2. The number of carbonyl (C=O) groups excluding carboxylic acids is 1. The molecule has 9 heteroatoms. The van der Waals surface area contributed by atoms with E-state index in [2.05, 4.69) is 6.07 Å². The molecule has 5 rings (SSSR count). The third-order valence-electron chi connectivity index (χ3n) is 7.00. The number of aromatic nitrogens is 4. The second-order valence-electron chi connectivity index (χ2n) is 9.19. The van der Waals surface area contributed by atoms with Crippen LogP contribution < -0.4 is 16.1 Å². The molecule has 0 bridgehead atoms. The zero-order chi connectivity index (χ0) is 23.8. The first-order chi connectivity index (χ1) is 16.5. The summed E-state index contributed by atoms with van der Waals surface area (Å²) in [6, 6.07) is 8.02. The largest absolute Gasteiger partial charge is 0.332 e. The summed E-state index contributed by atoms with van der Waals surface area (Å²) < 4.78 is 2.50. The Bertz CT molecular complexity index is 1370. The van der Waals surface area contributed by atoms with Crippen LogP contribution >= 0.6 is 11.8 Å². The molecule has 1 aliphatic carbocycles. The zero-order valence-corrected chi connectivity index (χ0v) is 20.4. The van der Waals surface area contributed by atoms with E-state index >= 15 is 0 Å². The lowest BCUT2D eigenvalue weighted by atomic mass is 9.89. The van der Waals surface area contributed by atoms with E-state index in [1.165, 1.54) is 35.4 Å². The maximum Gasteiger partial charge on any atom is 0.332 e. The molecular formula is C25H29N5O3S. The highest BCUT2D eigenvalue weighted by molar-refractivity contribution is 8.00. The zero-order valence-electron chi connectivity index (χ0n) is 19.6. The highest BCUT2D eigenvalue weighted by atomic mass is 32.2. The van der Waals surface area contributed by atoms with E-state index in [4.69, 9.17) is 9.97 Å². The molecule has 0 N–H and O–H groups in total. The average molecular weight is 480 g/mol. The number of rotatable bonds is 4. The Kier molecular flexibility index (Phi) is 6.29. The van der Waals surface area contributed by atoms with Crippen LogP contribution in [0.3, 0.4) is 0 Å². The maximum absolute atomic E-state index is 13.3. The van der Waals surface area contributed by atoms with Crippen LogP contribution in [-0.2, 0) is 25.3 Å². The van der Waals surface area contributed by atoms with Gasteiger partial charge in [0.2, 0.25) is 5.91 Å². The van der Waals surface area contributed by atoms with E-state index in [-0.39, 0.29) is 17.6 Å². The van der Waals surface area contributed by atoms with Crippen molar-refractivity contribution in [2.24, 2.45) is 14.1 Å². The van der Waals surface area contributed by atoms with Crippen LogP contribution in [0, 0.1) is 0 Å². The van der Waals surface area contributed by atoms with Gasteiger partial charge in [0, 0.05) is 32.2 Å². The van der Waals surface area contributed by atoms with Gasteiger partial charge in [-0.1, -0.05) is 49.2 Å². The third kappa shape index (κ3) is 4.06. The van der Waals surface area contributed by atoms with Crippen LogP contribution in [0.1, 0.15) is 55.8 Å². The third-order valence-corrected chi connectivity index (χ3v) is 7.96. The summed E-state index contributed by atoms with van der Waals surface area (Å²) >= 11 is 1.27. The van der Waals surface area contributed by atoms with Gasteiger partial charge >= 0.3 is 5.69 Å². The van der Waals surface area contributed by atoms with Gasteiger partial charge in [-0.15, -0.1) is 0 Å². The Morgan fingerprint density at radius 3 is 2.59 bits per heavy atom. The molecule has 1 amide bonds. The summed E-state index contributed by atoms with van der Waals surface area (Å²) in [5, 5.41) is 0.793. The Hall–Kier alpha value is -2.94. The number of hydrogen-bond donors (Lipinski definition) is 0. The second kappa shape index (κ2) is 9.37. The maximum atomic E-state index is 13.3. The average Bonchev–Trinajstić information content (AvgIpc) is 2.88. The number of hydrogen-bond acceptors (Lipinski definition) is 6. The van der Waals surface area contributed by atoms with E-state index in [0.717, 1.165) is 48.8 Å². The Labute approximate surface area is 202 Å². The number of amides is 1. The fourth-order valence-electron chi connectivity index (χ4n) is 5.09. The van der Waals surface area contributed by atoms with Crippen molar-refractivity contribution in [3.63, 3.8) is 0 Å². The van der Waals surface area contributed by atoms with Gasteiger partial charge in [0.1, 0.15) is 16.2 Å². The summed E-state index contributed by atoms with van der Waals surface area (Å²) in [6.07, 6.45) is 7.34. The lowest BCUT2D eigenvalue weighted by Crippen LogP contribution is -2.38. The molecule has 2 aromatic heterocycles. The van der Waals surface area contributed by atoms with Crippen LogP contribution in [0.15, 0.2) is 38.9 Å². The van der Waals surface area contributed by atoms with Crippen LogP contribution in [-0.4, -0.2) is 37.3 Å². The predicted molar refractivity (Wildman–Crippen MR) is 134 cm³/mol. The molecule has 1 fully saturated rings. The summed E-state index contributed by atoms with van der Waals surface area (Å²) in [5.74, 6) is 1.04. The molecule has 3 aromatic rings. The van der Waals surface area contributed by atoms with E-state index in [0.29, 0.717) is 28.4 Å². The lowest BCUT2D eigenvalue weighted by Gasteiger charge is -2.29. The first kappa shape index (κ1) is 22.8. The minimum atomic E-state index is -0.424. The normalized spacial score (nSPS) is 16.6. The minimum Gasteiger partial charge on any atom is -0.311 e. The highest BCUT2D eigenvalue weighted by Gasteiger charge is 2.26. The fourth-order valence-corrected chi connectivity index (χ4v) is 5.99. The molecule has 3 heterocycles. The molecule has 1 aliphatic heterocycles. The number of fused-ring (bicyclic) bond motifs is 2. The number of carbonyl (C=O) groups is 1. The lowest BCUT2D eigenvalue weighted by molar-refractivity contribution is -0.116. The van der Waals surface area contributed by atoms with Crippen molar-refractivity contribution in [2.45, 2.75) is 55.9 Å². The van der Waals surface area contributed by atoms with Crippen molar-refractivity contribution in [3.05, 3.63) is 56.5 Å². The summed E-state index contributed by atoms with van der Waals surface area (Å²) in [4.78, 5) is 50.3. The van der Waals surface area contributed by atoms with Crippen LogP contribution in [0.2, 0.25) is 0 Å². The van der Waals surface area contributed by atoms with Crippen LogP contribution in [0.5, 0.6) is 0 Å². The van der Waals surface area contributed by atoms with Gasteiger partial charge in [0.25, 0.3) is 5.56 Å². The first-order valence-corrected chi connectivity index (χ1v) is 12.9. The quantitative estimate of drug-likeness (QED) is 0.422. The monoisotopic (exact) mass is 479 g/mol. The van der Waals surface area contributed by atoms with Crippen LogP contribution in [0.25, 0.3) is 11.0 Å². The molecule has 1 aromatic carbocycles. The van der Waals surface area contributed by atoms with E-state index in [1.807, 2.05) is 23.1 Å². The number of para-hydroxylation sites is 1. The summed E-state index contributed by atoms with van der Waals surface area (Å²) in [7, 11) is 3.09. The van der Waals surface area contributed by atoms with Crippen LogP contribution in [0.4, 0.5) is 5.69 Å². The smallest absolute Gasteiger partial charge is 0.311 e. The van der Waals surface area contributed by atoms with E-state index in [1.54, 1.807) is 7.05 Å². The van der Waals surface area contributed by atoms with Crippen molar-refractivity contribution in [1.82, 2.24) is 19.1 Å². The van der Waals surface area contributed by atoms with Crippen molar-refractivity contribution < 1.29 is 4.79 Å². The Balaban J connectivity index is 1.52. The summed E-state index contributed by atoms with van der Waals surface area (Å²) in [6.45, 7) is 0.685. The van der Waals surface area contributed by atoms with Crippen molar-refractivity contribution in [2.75, 3.05) is 17.2 Å². The topological polar surface area (TPSA) is 90.1 Å². The van der Waals surface area contributed by atoms with Crippen molar-refractivity contribution >= 4 is 34.4 Å². The molecule has 0 spiro atoms. The van der Waals surface area contributed by atoms with Gasteiger partial charge < -0.3 is 4.90 Å². The molecule has 178 valence electrons. The molecular weight excluding hydrogens is 450 g/mol.